The molecule has 2 amide bonds. The Morgan fingerprint density at radius 1 is 1.10 bits per heavy atom. The molecule has 3 rings (SSSR count). The van der Waals surface area contributed by atoms with E-state index in [1.807, 2.05) is 29.2 Å². The highest BCUT2D eigenvalue weighted by Gasteiger charge is 2.23. The molecule has 6 nitrogen and oxygen atoms in total. The minimum atomic E-state index is -0.422. The van der Waals surface area contributed by atoms with Crippen LogP contribution < -0.4 is 10.1 Å². The van der Waals surface area contributed by atoms with E-state index in [-0.39, 0.29) is 11.8 Å². The van der Waals surface area contributed by atoms with Crippen molar-refractivity contribution in [2.45, 2.75) is 26.2 Å². The third kappa shape index (κ3) is 6.42. The van der Waals surface area contributed by atoms with Gasteiger partial charge in [-0.1, -0.05) is 34.1 Å². The Bertz CT molecular complexity index is 923. The van der Waals surface area contributed by atoms with Crippen LogP contribution in [0, 0.1) is 5.92 Å². The van der Waals surface area contributed by atoms with Crippen LogP contribution in [0.15, 0.2) is 53.0 Å². The third-order valence-electron chi connectivity index (χ3n) is 5.12. The van der Waals surface area contributed by atoms with E-state index >= 15 is 0 Å². The summed E-state index contributed by atoms with van der Waals surface area (Å²) in [5.74, 6) is 0.205. The molecule has 30 heavy (non-hydrogen) atoms. The highest BCUT2D eigenvalue weighted by molar-refractivity contribution is 9.10. The number of nitrogens with zero attached hydrogens (tertiary/aromatic N) is 1. The van der Waals surface area contributed by atoms with Crippen molar-refractivity contribution in [1.29, 1.82) is 0 Å². The van der Waals surface area contributed by atoms with Crippen molar-refractivity contribution >= 4 is 33.7 Å². The average Bonchev–Trinajstić information content (AvgIpc) is 2.72. The number of nitrogens with one attached hydrogen (secondary N) is 1. The van der Waals surface area contributed by atoms with Gasteiger partial charge in [-0.2, -0.15) is 0 Å². The summed E-state index contributed by atoms with van der Waals surface area (Å²) in [6, 6.07) is 14.4. The van der Waals surface area contributed by atoms with Crippen LogP contribution in [-0.2, 0) is 16.0 Å². The Labute approximate surface area is 184 Å². The molecule has 1 saturated heterocycles. The molecule has 1 N–H and O–H groups in total. The van der Waals surface area contributed by atoms with Crippen molar-refractivity contribution in [2.75, 3.05) is 19.6 Å². The van der Waals surface area contributed by atoms with E-state index in [1.165, 1.54) is 6.92 Å². The Balaban J connectivity index is 1.44. The fraction of sp³-hybridized carbons (Fsp3) is 0.348. The Morgan fingerprint density at radius 3 is 2.53 bits per heavy atom. The highest BCUT2D eigenvalue weighted by Crippen LogP contribution is 2.19. The first-order chi connectivity index (χ1) is 14.4. The molecule has 2 aromatic carbocycles. The van der Waals surface area contributed by atoms with Gasteiger partial charge in [0, 0.05) is 36.6 Å². The number of rotatable bonds is 6. The minimum Gasteiger partial charge on any atom is -0.427 e. The Hall–Kier alpha value is -2.67. The lowest BCUT2D eigenvalue weighted by Gasteiger charge is -2.32. The molecule has 1 aliphatic rings. The molecule has 158 valence electrons. The summed E-state index contributed by atoms with van der Waals surface area (Å²) in [6.45, 7) is 3.29. The zero-order valence-corrected chi connectivity index (χ0v) is 18.5. The topological polar surface area (TPSA) is 75.7 Å². The second kappa shape index (κ2) is 10.4. The van der Waals surface area contributed by atoms with Crippen LogP contribution >= 0.6 is 15.9 Å². The van der Waals surface area contributed by atoms with E-state index in [0.29, 0.717) is 43.3 Å². The van der Waals surface area contributed by atoms with E-state index in [0.717, 1.165) is 22.9 Å². The maximum Gasteiger partial charge on any atom is 0.308 e. The highest BCUT2D eigenvalue weighted by atomic mass is 79.9. The van der Waals surface area contributed by atoms with Gasteiger partial charge in [-0.25, -0.2) is 0 Å². The van der Waals surface area contributed by atoms with E-state index in [4.69, 9.17) is 4.74 Å². The van der Waals surface area contributed by atoms with Gasteiger partial charge in [0.25, 0.3) is 5.91 Å². The van der Waals surface area contributed by atoms with Crippen LogP contribution in [-0.4, -0.2) is 42.3 Å². The summed E-state index contributed by atoms with van der Waals surface area (Å²) in [5, 5.41) is 2.95. The fourth-order valence-corrected chi connectivity index (χ4v) is 3.97. The molecular weight excluding hydrogens is 448 g/mol. The summed E-state index contributed by atoms with van der Waals surface area (Å²) >= 11 is 3.43. The lowest BCUT2D eigenvalue weighted by Crippen LogP contribution is -2.42. The van der Waals surface area contributed by atoms with Gasteiger partial charge in [-0.15, -0.1) is 0 Å². The summed E-state index contributed by atoms with van der Waals surface area (Å²) in [7, 11) is 0. The van der Waals surface area contributed by atoms with Gasteiger partial charge in [-0.3, -0.25) is 14.4 Å². The Kier molecular flexibility index (Phi) is 7.63. The first-order valence-corrected chi connectivity index (χ1v) is 10.8. The van der Waals surface area contributed by atoms with Crippen molar-refractivity contribution in [3.05, 3.63) is 64.1 Å². The quantitative estimate of drug-likeness (QED) is 0.514. The van der Waals surface area contributed by atoms with Crippen molar-refractivity contribution in [3.8, 4) is 5.75 Å². The van der Waals surface area contributed by atoms with Crippen LogP contribution in [0.4, 0.5) is 0 Å². The number of hydrogen-bond donors (Lipinski definition) is 1. The molecule has 0 radical (unpaired) electrons. The lowest BCUT2D eigenvalue weighted by atomic mass is 9.96. The summed E-state index contributed by atoms with van der Waals surface area (Å²) < 4.78 is 6.00. The van der Waals surface area contributed by atoms with E-state index in [1.54, 1.807) is 24.3 Å². The SMILES string of the molecule is CC(=O)Oc1cccc(C(=O)NCC2CCN(C(=O)Cc3cccc(Br)c3)CC2)c1. The third-order valence-corrected chi connectivity index (χ3v) is 5.61. The number of benzene rings is 2. The number of ether oxygens (including phenoxy) is 1. The number of halogens is 1. The molecule has 1 fully saturated rings. The lowest BCUT2D eigenvalue weighted by molar-refractivity contribution is -0.132. The number of piperidine rings is 1. The molecule has 0 spiro atoms. The number of amides is 2. The standard InChI is InChI=1S/C23H25BrN2O4/c1-16(27)30-21-7-3-5-19(14-21)23(29)25-15-17-8-10-26(11-9-17)22(28)13-18-4-2-6-20(24)12-18/h2-7,12,14,17H,8-11,13,15H2,1H3,(H,25,29). The van der Waals surface area contributed by atoms with Gasteiger partial charge in [-0.05, 0) is 54.7 Å². The van der Waals surface area contributed by atoms with Crippen molar-refractivity contribution in [1.82, 2.24) is 10.2 Å². The van der Waals surface area contributed by atoms with Gasteiger partial charge in [0.2, 0.25) is 5.91 Å². The molecule has 0 bridgehead atoms. The number of esters is 1. The molecule has 0 saturated carbocycles. The summed E-state index contributed by atoms with van der Waals surface area (Å²) in [6.07, 6.45) is 2.12. The molecule has 1 aliphatic heterocycles. The maximum atomic E-state index is 12.5. The van der Waals surface area contributed by atoms with Gasteiger partial charge in [0.15, 0.2) is 0 Å². The van der Waals surface area contributed by atoms with Crippen LogP contribution in [0.2, 0.25) is 0 Å². The number of carbonyl (C=O) groups is 3. The van der Waals surface area contributed by atoms with Crippen LogP contribution in [0.5, 0.6) is 5.75 Å². The predicted octanol–water partition coefficient (Wildman–Crippen LogP) is 3.59. The van der Waals surface area contributed by atoms with Gasteiger partial charge < -0.3 is 15.0 Å². The van der Waals surface area contributed by atoms with E-state index < -0.39 is 5.97 Å². The number of carbonyl (C=O) groups excluding carboxylic acids is 3. The smallest absolute Gasteiger partial charge is 0.308 e. The Morgan fingerprint density at radius 2 is 1.83 bits per heavy atom. The number of hydrogen-bond acceptors (Lipinski definition) is 4. The summed E-state index contributed by atoms with van der Waals surface area (Å²) in [5.41, 5.74) is 1.45. The normalized spacial score (nSPS) is 14.3. The molecular formula is C23H25BrN2O4. The molecule has 0 aliphatic carbocycles. The maximum absolute atomic E-state index is 12.5. The summed E-state index contributed by atoms with van der Waals surface area (Å²) in [4.78, 5) is 37.9. The fourth-order valence-electron chi connectivity index (χ4n) is 3.53. The van der Waals surface area contributed by atoms with E-state index in [2.05, 4.69) is 21.2 Å². The number of likely N-dealkylation sites (tertiary alicyclic amines) is 1. The van der Waals surface area contributed by atoms with Crippen LogP contribution in [0.25, 0.3) is 0 Å². The first kappa shape index (κ1) is 22.0. The molecule has 0 atom stereocenters. The van der Waals surface area contributed by atoms with Crippen LogP contribution in [0.3, 0.4) is 0 Å². The van der Waals surface area contributed by atoms with Crippen molar-refractivity contribution in [3.63, 3.8) is 0 Å². The molecule has 0 aromatic heterocycles. The first-order valence-electron chi connectivity index (χ1n) is 9.99. The second-order valence-corrected chi connectivity index (χ2v) is 8.38. The molecule has 0 unspecified atom stereocenters. The van der Waals surface area contributed by atoms with Gasteiger partial charge >= 0.3 is 5.97 Å². The van der Waals surface area contributed by atoms with Gasteiger partial charge in [0.05, 0.1) is 6.42 Å². The predicted molar refractivity (Wildman–Crippen MR) is 117 cm³/mol. The zero-order valence-electron chi connectivity index (χ0n) is 16.9. The van der Waals surface area contributed by atoms with Crippen molar-refractivity contribution in [2.24, 2.45) is 5.92 Å². The molecule has 1 heterocycles. The zero-order chi connectivity index (χ0) is 21.5. The average molecular weight is 473 g/mol. The van der Waals surface area contributed by atoms with Crippen LogP contribution in [0.1, 0.15) is 35.7 Å². The molecule has 2 aromatic rings. The van der Waals surface area contributed by atoms with Gasteiger partial charge in [0.1, 0.15) is 5.75 Å². The van der Waals surface area contributed by atoms with Crippen molar-refractivity contribution < 1.29 is 19.1 Å². The largest absolute Gasteiger partial charge is 0.427 e. The monoisotopic (exact) mass is 472 g/mol. The second-order valence-electron chi connectivity index (χ2n) is 7.46. The minimum absolute atomic E-state index is 0.137. The molecule has 7 heteroatoms. The van der Waals surface area contributed by atoms with E-state index in [9.17, 15) is 14.4 Å².